The number of hydrogen-bond donors (Lipinski definition) is 2. The summed E-state index contributed by atoms with van der Waals surface area (Å²) >= 11 is 0. The van der Waals surface area contributed by atoms with Crippen LogP contribution in [0.4, 0.5) is 0 Å². The van der Waals surface area contributed by atoms with Gasteiger partial charge >= 0.3 is 0 Å². The van der Waals surface area contributed by atoms with Gasteiger partial charge in [0.1, 0.15) is 0 Å². The Hall–Kier alpha value is -0.0800. The molecule has 0 saturated carbocycles. The van der Waals surface area contributed by atoms with Gasteiger partial charge in [-0.3, -0.25) is 0 Å². The van der Waals surface area contributed by atoms with E-state index in [0.29, 0.717) is 6.04 Å². The molecule has 1 atom stereocenters. The summed E-state index contributed by atoms with van der Waals surface area (Å²) in [5.41, 5.74) is 0. The van der Waals surface area contributed by atoms with E-state index in [4.69, 9.17) is 0 Å². The molecule has 0 aromatic heterocycles. The van der Waals surface area contributed by atoms with Gasteiger partial charge < -0.3 is 10.6 Å². The maximum atomic E-state index is 3.48. The molecule has 2 heteroatoms. The monoisotopic (exact) mass is 172 g/mol. The molecule has 1 unspecified atom stereocenters. The highest BCUT2D eigenvalue weighted by Crippen LogP contribution is 1.85. The molecule has 0 fully saturated rings. The summed E-state index contributed by atoms with van der Waals surface area (Å²) in [5.74, 6) is 0. The van der Waals surface area contributed by atoms with E-state index >= 15 is 0 Å². The van der Waals surface area contributed by atoms with E-state index in [-0.39, 0.29) is 0 Å². The molecule has 12 heavy (non-hydrogen) atoms. The summed E-state index contributed by atoms with van der Waals surface area (Å²) in [4.78, 5) is 0. The first-order valence-electron chi connectivity index (χ1n) is 5.25. The molecule has 0 saturated heterocycles. The highest BCUT2D eigenvalue weighted by molar-refractivity contribution is 4.62. The molecule has 0 aromatic carbocycles. The van der Waals surface area contributed by atoms with Crippen molar-refractivity contribution in [2.45, 2.75) is 46.1 Å². The van der Waals surface area contributed by atoms with Gasteiger partial charge in [0, 0.05) is 12.6 Å². The van der Waals surface area contributed by atoms with Crippen LogP contribution in [0.5, 0.6) is 0 Å². The van der Waals surface area contributed by atoms with Crippen LogP contribution in [0.3, 0.4) is 0 Å². The van der Waals surface area contributed by atoms with Crippen LogP contribution in [0.15, 0.2) is 0 Å². The standard InChI is InChI=1S/C10H24N2/c1-4-6-8-12-10(3)9-11-7-5-2/h10-12H,4-9H2,1-3H3. The van der Waals surface area contributed by atoms with Crippen LogP contribution in [0, 0.1) is 0 Å². The zero-order valence-electron chi connectivity index (χ0n) is 8.82. The predicted molar refractivity (Wildman–Crippen MR) is 55.5 cm³/mol. The summed E-state index contributed by atoms with van der Waals surface area (Å²) < 4.78 is 0. The van der Waals surface area contributed by atoms with Gasteiger partial charge in [-0.2, -0.15) is 0 Å². The summed E-state index contributed by atoms with van der Waals surface area (Å²) in [7, 11) is 0. The number of unbranched alkanes of at least 4 members (excludes halogenated alkanes) is 1. The van der Waals surface area contributed by atoms with Gasteiger partial charge in [-0.15, -0.1) is 0 Å². The molecule has 0 aliphatic carbocycles. The topological polar surface area (TPSA) is 24.1 Å². The first kappa shape index (κ1) is 11.9. The second-order valence-corrected chi connectivity index (χ2v) is 3.41. The van der Waals surface area contributed by atoms with Crippen LogP contribution in [-0.4, -0.2) is 25.7 Å². The third-order valence-electron chi connectivity index (χ3n) is 1.90. The van der Waals surface area contributed by atoms with Gasteiger partial charge in [0.2, 0.25) is 0 Å². The summed E-state index contributed by atoms with van der Waals surface area (Å²) in [6.45, 7) is 10.0. The molecular weight excluding hydrogens is 148 g/mol. The van der Waals surface area contributed by atoms with E-state index in [1.807, 2.05) is 0 Å². The molecule has 2 N–H and O–H groups in total. The molecule has 0 aromatic rings. The third-order valence-corrected chi connectivity index (χ3v) is 1.90. The number of hydrogen-bond acceptors (Lipinski definition) is 2. The average molecular weight is 172 g/mol. The molecule has 2 nitrogen and oxygen atoms in total. The molecule has 0 aliphatic rings. The van der Waals surface area contributed by atoms with Crippen LogP contribution in [0.2, 0.25) is 0 Å². The van der Waals surface area contributed by atoms with E-state index < -0.39 is 0 Å². The Labute approximate surface area is 77.1 Å². The molecule has 0 radical (unpaired) electrons. The van der Waals surface area contributed by atoms with Gasteiger partial charge in [0.25, 0.3) is 0 Å². The highest BCUT2D eigenvalue weighted by atomic mass is 15.0. The lowest BCUT2D eigenvalue weighted by molar-refractivity contribution is 0.494. The molecule has 0 rings (SSSR count). The smallest absolute Gasteiger partial charge is 0.0164 e. The van der Waals surface area contributed by atoms with Crippen LogP contribution < -0.4 is 10.6 Å². The molecule has 74 valence electrons. The third kappa shape index (κ3) is 8.02. The van der Waals surface area contributed by atoms with E-state index in [1.54, 1.807) is 0 Å². The van der Waals surface area contributed by atoms with Crippen molar-refractivity contribution in [1.29, 1.82) is 0 Å². The Kier molecular flexibility index (Phi) is 8.95. The summed E-state index contributed by atoms with van der Waals surface area (Å²) in [6.07, 6.45) is 3.79. The predicted octanol–water partition coefficient (Wildman–Crippen LogP) is 1.76. The van der Waals surface area contributed by atoms with E-state index in [9.17, 15) is 0 Å². The lowest BCUT2D eigenvalue weighted by Crippen LogP contribution is -2.37. The second-order valence-electron chi connectivity index (χ2n) is 3.41. The Morgan fingerprint density at radius 1 is 1.08 bits per heavy atom. The van der Waals surface area contributed by atoms with Crippen molar-refractivity contribution in [1.82, 2.24) is 10.6 Å². The van der Waals surface area contributed by atoms with Crippen molar-refractivity contribution >= 4 is 0 Å². The fourth-order valence-corrected chi connectivity index (χ4v) is 1.09. The van der Waals surface area contributed by atoms with Gasteiger partial charge in [-0.05, 0) is 32.9 Å². The first-order valence-corrected chi connectivity index (χ1v) is 5.25. The van der Waals surface area contributed by atoms with Crippen molar-refractivity contribution in [3.8, 4) is 0 Å². The molecule has 0 amide bonds. The largest absolute Gasteiger partial charge is 0.315 e. The Morgan fingerprint density at radius 3 is 2.42 bits per heavy atom. The quantitative estimate of drug-likeness (QED) is 0.545. The van der Waals surface area contributed by atoms with Crippen molar-refractivity contribution in [2.24, 2.45) is 0 Å². The van der Waals surface area contributed by atoms with Crippen molar-refractivity contribution in [3.05, 3.63) is 0 Å². The van der Waals surface area contributed by atoms with Crippen LogP contribution in [0.25, 0.3) is 0 Å². The molecule has 0 heterocycles. The van der Waals surface area contributed by atoms with Crippen molar-refractivity contribution in [2.75, 3.05) is 19.6 Å². The van der Waals surface area contributed by atoms with Crippen molar-refractivity contribution in [3.63, 3.8) is 0 Å². The maximum Gasteiger partial charge on any atom is 0.0164 e. The minimum absolute atomic E-state index is 0.614. The van der Waals surface area contributed by atoms with E-state index in [1.165, 1.54) is 19.3 Å². The van der Waals surface area contributed by atoms with Gasteiger partial charge in [-0.1, -0.05) is 20.3 Å². The SMILES string of the molecule is CCCCNC(C)CNCCC. The second kappa shape index (κ2) is 9.01. The lowest BCUT2D eigenvalue weighted by Gasteiger charge is -2.13. The Balaban J connectivity index is 3.04. The zero-order valence-corrected chi connectivity index (χ0v) is 8.82. The van der Waals surface area contributed by atoms with E-state index in [2.05, 4.69) is 31.4 Å². The summed E-state index contributed by atoms with van der Waals surface area (Å²) in [5, 5.41) is 6.88. The molecular formula is C10H24N2. The maximum absolute atomic E-state index is 3.48. The molecule has 0 bridgehead atoms. The highest BCUT2D eigenvalue weighted by Gasteiger charge is 1.97. The molecule has 0 spiro atoms. The van der Waals surface area contributed by atoms with Gasteiger partial charge in [0.05, 0.1) is 0 Å². The normalized spacial score (nSPS) is 13.2. The minimum Gasteiger partial charge on any atom is -0.315 e. The fraction of sp³-hybridized carbons (Fsp3) is 1.00. The van der Waals surface area contributed by atoms with Gasteiger partial charge in [-0.25, -0.2) is 0 Å². The Bertz CT molecular complexity index is 73.9. The zero-order chi connectivity index (χ0) is 9.23. The fourth-order valence-electron chi connectivity index (χ4n) is 1.09. The van der Waals surface area contributed by atoms with Crippen LogP contribution in [0.1, 0.15) is 40.0 Å². The van der Waals surface area contributed by atoms with Crippen LogP contribution in [-0.2, 0) is 0 Å². The summed E-state index contributed by atoms with van der Waals surface area (Å²) in [6, 6.07) is 0.614. The lowest BCUT2D eigenvalue weighted by atomic mass is 10.3. The first-order chi connectivity index (χ1) is 5.81. The number of rotatable bonds is 8. The minimum atomic E-state index is 0.614. The number of nitrogens with one attached hydrogen (secondary N) is 2. The van der Waals surface area contributed by atoms with Crippen molar-refractivity contribution < 1.29 is 0 Å². The van der Waals surface area contributed by atoms with Crippen LogP contribution >= 0.6 is 0 Å². The average Bonchev–Trinajstić information content (AvgIpc) is 2.06. The Morgan fingerprint density at radius 2 is 1.83 bits per heavy atom. The molecule has 0 aliphatic heterocycles. The van der Waals surface area contributed by atoms with Gasteiger partial charge in [0.15, 0.2) is 0 Å². The van der Waals surface area contributed by atoms with E-state index in [0.717, 1.165) is 19.6 Å².